The van der Waals surface area contributed by atoms with E-state index in [0.29, 0.717) is 18.2 Å². The molecule has 1 aromatic rings. The van der Waals surface area contributed by atoms with Gasteiger partial charge in [-0.2, -0.15) is 0 Å². The predicted molar refractivity (Wildman–Crippen MR) is 66.1 cm³/mol. The summed E-state index contributed by atoms with van der Waals surface area (Å²) in [7, 11) is 0. The van der Waals surface area contributed by atoms with Crippen LogP contribution < -0.4 is 5.43 Å². The first kappa shape index (κ1) is 12.7. The van der Waals surface area contributed by atoms with E-state index >= 15 is 0 Å². The molecule has 1 N–H and O–H groups in total. The first-order valence-electron chi connectivity index (χ1n) is 5.58. The molecule has 0 radical (unpaired) electrons. The molecule has 0 aliphatic carbocycles. The van der Waals surface area contributed by atoms with Gasteiger partial charge in [0.15, 0.2) is 0 Å². The quantitative estimate of drug-likeness (QED) is 0.911. The number of ether oxygens (including phenoxy) is 1. The number of cyclic esters (lactones) is 1. The van der Waals surface area contributed by atoms with Crippen LogP contribution in [-0.4, -0.2) is 30.2 Å². The fraction of sp³-hybridized carbons (Fsp3) is 0.333. The summed E-state index contributed by atoms with van der Waals surface area (Å²) in [5, 5.41) is 1.80. The molecule has 18 heavy (non-hydrogen) atoms. The number of halogens is 1. The number of amides is 2. The van der Waals surface area contributed by atoms with Gasteiger partial charge in [0, 0.05) is 5.02 Å². The standard InChI is InChI=1S/C12H13ClN2O3/c1-8(9-2-4-10(13)5-3-9)11(16)14-15-6-7-18-12(15)17/h2-5,8H,6-7H2,1H3,(H,14,16). The van der Waals surface area contributed by atoms with E-state index in [9.17, 15) is 9.59 Å². The zero-order valence-electron chi connectivity index (χ0n) is 9.85. The maximum Gasteiger partial charge on any atom is 0.428 e. The van der Waals surface area contributed by atoms with E-state index in [-0.39, 0.29) is 11.8 Å². The normalized spacial score (nSPS) is 16.3. The zero-order valence-corrected chi connectivity index (χ0v) is 10.6. The van der Waals surface area contributed by atoms with Crippen LogP contribution in [0.15, 0.2) is 24.3 Å². The predicted octanol–water partition coefficient (Wildman–Crippen LogP) is 1.93. The van der Waals surface area contributed by atoms with Crippen molar-refractivity contribution in [3.05, 3.63) is 34.9 Å². The van der Waals surface area contributed by atoms with Crippen LogP contribution in [0.2, 0.25) is 5.02 Å². The molecule has 0 bridgehead atoms. The van der Waals surface area contributed by atoms with E-state index in [2.05, 4.69) is 5.43 Å². The summed E-state index contributed by atoms with van der Waals surface area (Å²) in [6.07, 6.45) is -0.522. The van der Waals surface area contributed by atoms with Crippen LogP contribution in [0.1, 0.15) is 18.4 Å². The van der Waals surface area contributed by atoms with Crippen LogP contribution in [0.3, 0.4) is 0 Å². The zero-order chi connectivity index (χ0) is 13.1. The minimum Gasteiger partial charge on any atom is -0.446 e. The van der Waals surface area contributed by atoms with Gasteiger partial charge < -0.3 is 4.74 Å². The second kappa shape index (κ2) is 5.27. The Labute approximate surface area is 110 Å². The lowest BCUT2D eigenvalue weighted by Crippen LogP contribution is -2.44. The second-order valence-corrected chi connectivity index (χ2v) is 4.45. The lowest BCUT2D eigenvalue weighted by atomic mass is 10.0. The second-order valence-electron chi connectivity index (χ2n) is 4.02. The molecule has 0 saturated carbocycles. The average Bonchev–Trinajstić information content (AvgIpc) is 2.75. The smallest absolute Gasteiger partial charge is 0.428 e. The minimum atomic E-state index is -0.522. The van der Waals surface area contributed by atoms with Crippen molar-refractivity contribution >= 4 is 23.6 Å². The molecule has 2 amide bonds. The molecule has 96 valence electrons. The maximum atomic E-state index is 11.9. The van der Waals surface area contributed by atoms with Gasteiger partial charge in [-0.05, 0) is 24.6 Å². The molecule has 1 saturated heterocycles. The number of nitrogens with zero attached hydrogens (tertiary/aromatic N) is 1. The molecule has 2 rings (SSSR count). The van der Waals surface area contributed by atoms with Crippen LogP contribution >= 0.6 is 11.6 Å². The highest BCUT2D eigenvalue weighted by Crippen LogP contribution is 2.18. The van der Waals surface area contributed by atoms with Gasteiger partial charge >= 0.3 is 6.09 Å². The molecule has 0 spiro atoms. The number of benzene rings is 1. The van der Waals surface area contributed by atoms with Gasteiger partial charge in [-0.15, -0.1) is 0 Å². The third-order valence-electron chi connectivity index (χ3n) is 2.77. The van der Waals surface area contributed by atoms with Gasteiger partial charge in [0.25, 0.3) is 0 Å². The van der Waals surface area contributed by atoms with Crippen LogP contribution in [0, 0.1) is 0 Å². The average molecular weight is 269 g/mol. The number of carbonyl (C=O) groups excluding carboxylic acids is 2. The van der Waals surface area contributed by atoms with Crippen LogP contribution in [-0.2, 0) is 9.53 Å². The third-order valence-corrected chi connectivity index (χ3v) is 3.02. The van der Waals surface area contributed by atoms with Crippen molar-refractivity contribution in [3.8, 4) is 0 Å². The monoisotopic (exact) mass is 268 g/mol. The molecule has 5 nitrogen and oxygen atoms in total. The summed E-state index contributed by atoms with van der Waals surface area (Å²) in [6, 6.07) is 7.03. The number of carbonyl (C=O) groups is 2. The molecular formula is C12H13ClN2O3. The molecular weight excluding hydrogens is 256 g/mol. The van der Waals surface area contributed by atoms with Crippen molar-refractivity contribution in [2.24, 2.45) is 0 Å². The molecule has 1 unspecified atom stereocenters. The van der Waals surface area contributed by atoms with Gasteiger partial charge in [0.2, 0.25) is 5.91 Å². The van der Waals surface area contributed by atoms with Gasteiger partial charge in [-0.25, -0.2) is 9.80 Å². The van der Waals surface area contributed by atoms with E-state index in [4.69, 9.17) is 16.3 Å². The summed E-state index contributed by atoms with van der Waals surface area (Å²) in [5.74, 6) is -0.619. The molecule has 0 aromatic heterocycles. The van der Waals surface area contributed by atoms with Crippen molar-refractivity contribution in [3.63, 3.8) is 0 Å². The van der Waals surface area contributed by atoms with Crippen LogP contribution in [0.5, 0.6) is 0 Å². The highest BCUT2D eigenvalue weighted by Gasteiger charge is 2.26. The Hall–Kier alpha value is -1.75. The van der Waals surface area contributed by atoms with Crippen molar-refractivity contribution < 1.29 is 14.3 Å². The van der Waals surface area contributed by atoms with Crippen molar-refractivity contribution in [1.29, 1.82) is 0 Å². The SMILES string of the molecule is CC(C(=O)NN1CCOC1=O)c1ccc(Cl)cc1. The Morgan fingerprint density at radius 1 is 1.44 bits per heavy atom. The molecule has 1 aromatic carbocycles. The highest BCUT2D eigenvalue weighted by molar-refractivity contribution is 6.30. The van der Waals surface area contributed by atoms with E-state index in [1.807, 2.05) is 0 Å². The Kier molecular flexibility index (Phi) is 3.72. The van der Waals surface area contributed by atoms with Gasteiger partial charge in [0.05, 0.1) is 12.5 Å². The van der Waals surface area contributed by atoms with Crippen LogP contribution in [0.4, 0.5) is 4.79 Å². The van der Waals surface area contributed by atoms with E-state index < -0.39 is 6.09 Å². The van der Waals surface area contributed by atoms with Crippen molar-refractivity contribution in [2.75, 3.05) is 13.2 Å². The van der Waals surface area contributed by atoms with Gasteiger partial charge in [-0.1, -0.05) is 23.7 Å². The molecule has 1 atom stereocenters. The molecule has 1 heterocycles. The molecule has 1 aliphatic rings. The maximum absolute atomic E-state index is 11.9. The Morgan fingerprint density at radius 2 is 2.11 bits per heavy atom. The molecule has 1 aliphatic heterocycles. The topological polar surface area (TPSA) is 58.6 Å². The summed E-state index contributed by atoms with van der Waals surface area (Å²) >= 11 is 5.78. The lowest BCUT2D eigenvalue weighted by molar-refractivity contribution is -0.125. The van der Waals surface area contributed by atoms with Crippen LogP contribution in [0.25, 0.3) is 0 Å². The summed E-state index contributed by atoms with van der Waals surface area (Å²) in [4.78, 5) is 23.1. The lowest BCUT2D eigenvalue weighted by Gasteiger charge is -2.18. The number of hydrogen-bond donors (Lipinski definition) is 1. The molecule has 6 heteroatoms. The fourth-order valence-corrected chi connectivity index (χ4v) is 1.75. The largest absolute Gasteiger partial charge is 0.446 e. The number of hydrazine groups is 1. The minimum absolute atomic E-state index is 0.254. The fourth-order valence-electron chi connectivity index (χ4n) is 1.63. The first-order valence-corrected chi connectivity index (χ1v) is 5.96. The van der Waals surface area contributed by atoms with Crippen molar-refractivity contribution in [2.45, 2.75) is 12.8 Å². The van der Waals surface area contributed by atoms with E-state index in [1.165, 1.54) is 5.01 Å². The Balaban J connectivity index is 2.00. The number of hydrogen-bond acceptors (Lipinski definition) is 3. The number of rotatable bonds is 3. The number of nitrogens with one attached hydrogen (secondary N) is 1. The third kappa shape index (κ3) is 2.73. The highest BCUT2D eigenvalue weighted by atomic mass is 35.5. The summed E-state index contributed by atoms with van der Waals surface area (Å²) in [6.45, 7) is 2.44. The van der Waals surface area contributed by atoms with Gasteiger partial charge in [0.1, 0.15) is 6.61 Å². The Morgan fingerprint density at radius 3 is 2.67 bits per heavy atom. The first-order chi connectivity index (χ1) is 8.58. The Bertz CT molecular complexity index is 461. The summed E-state index contributed by atoms with van der Waals surface area (Å²) in [5.41, 5.74) is 3.37. The van der Waals surface area contributed by atoms with Crippen molar-refractivity contribution in [1.82, 2.24) is 10.4 Å². The van der Waals surface area contributed by atoms with E-state index in [1.54, 1.807) is 31.2 Å². The molecule has 1 fully saturated rings. The van der Waals surface area contributed by atoms with E-state index in [0.717, 1.165) is 5.56 Å². The summed E-state index contributed by atoms with van der Waals surface area (Å²) < 4.78 is 4.72. The van der Waals surface area contributed by atoms with Gasteiger partial charge in [-0.3, -0.25) is 10.2 Å².